The lowest BCUT2D eigenvalue weighted by molar-refractivity contribution is -0.119. The van der Waals surface area contributed by atoms with Crippen molar-refractivity contribution in [3.8, 4) is 22.3 Å². The van der Waals surface area contributed by atoms with E-state index in [1.54, 1.807) is 0 Å². The van der Waals surface area contributed by atoms with Crippen molar-refractivity contribution in [2.75, 3.05) is 6.16 Å². The zero-order chi connectivity index (χ0) is 27.6. The second-order valence-corrected chi connectivity index (χ2v) is 15.1. The lowest BCUT2D eigenvalue weighted by Gasteiger charge is -2.41. The van der Waals surface area contributed by atoms with E-state index in [0.717, 1.165) is 6.16 Å². The Balaban J connectivity index is 2.19. The van der Waals surface area contributed by atoms with Crippen LogP contribution < -0.4 is 5.30 Å². The van der Waals surface area contributed by atoms with E-state index in [9.17, 15) is 4.79 Å². The van der Waals surface area contributed by atoms with Crippen LogP contribution in [0, 0.1) is 69.2 Å². The number of benzene rings is 3. The van der Waals surface area contributed by atoms with Gasteiger partial charge in [0.1, 0.15) is 5.78 Å². The standard InChI is InChI=1S/C35H45OP/c1-19-21(3)25(7)32(26(8)22(19)4)30-14-13-15-31(33-27(9)23(5)20(2)24(6)28(33)10)34(30)37-17-16-29(36)18-35(37,11)12/h13-15H,16-18H2,1-12H3. The molecule has 1 aliphatic heterocycles. The van der Waals surface area contributed by atoms with Gasteiger partial charge in [0.15, 0.2) is 0 Å². The molecule has 0 radical (unpaired) electrons. The fraction of sp³-hybridized carbons (Fsp3) is 0.457. The molecule has 0 amide bonds. The van der Waals surface area contributed by atoms with E-state index in [4.69, 9.17) is 0 Å². The second kappa shape index (κ2) is 9.81. The van der Waals surface area contributed by atoms with E-state index in [0.29, 0.717) is 18.6 Å². The van der Waals surface area contributed by atoms with Crippen LogP contribution in [-0.2, 0) is 4.79 Å². The summed E-state index contributed by atoms with van der Waals surface area (Å²) in [4.78, 5) is 12.6. The first-order valence-corrected chi connectivity index (χ1v) is 15.3. The topological polar surface area (TPSA) is 17.1 Å². The van der Waals surface area contributed by atoms with E-state index >= 15 is 0 Å². The van der Waals surface area contributed by atoms with Crippen molar-refractivity contribution in [3.63, 3.8) is 0 Å². The minimum absolute atomic E-state index is 0.0251. The van der Waals surface area contributed by atoms with Crippen molar-refractivity contribution in [1.29, 1.82) is 0 Å². The lowest BCUT2D eigenvalue weighted by atomic mass is 9.83. The molecule has 2 heteroatoms. The van der Waals surface area contributed by atoms with Gasteiger partial charge in [0.25, 0.3) is 0 Å². The van der Waals surface area contributed by atoms with E-state index in [1.807, 2.05) is 0 Å². The quantitative estimate of drug-likeness (QED) is 0.320. The number of hydrogen-bond donors (Lipinski definition) is 0. The van der Waals surface area contributed by atoms with Crippen molar-refractivity contribution in [2.45, 2.75) is 101 Å². The van der Waals surface area contributed by atoms with Crippen molar-refractivity contribution in [3.05, 3.63) is 73.8 Å². The highest BCUT2D eigenvalue weighted by Gasteiger charge is 2.39. The van der Waals surface area contributed by atoms with Gasteiger partial charge in [-0.05, 0) is 164 Å². The predicted octanol–water partition coefficient (Wildman–Crippen LogP) is 9.35. The predicted molar refractivity (Wildman–Crippen MR) is 164 cm³/mol. The molecule has 1 unspecified atom stereocenters. The molecular formula is C35H45OP. The third kappa shape index (κ3) is 4.42. The summed E-state index contributed by atoms with van der Waals surface area (Å²) in [5.74, 6) is 0.423. The molecular weight excluding hydrogens is 467 g/mol. The molecule has 196 valence electrons. The van der Waals surface area contributed by atoms with Gasteiger partial charge in [-0.15, -0.1) is 0 Å². The number of rotatable bonds is 3. The molecule has 1 heterocycles. The molecule has 3 aromatic rings. The number of Topliss-reactive ketones (excluding diaryl/α,β-unsaturated/α-hetero) is 1. The highest BCUT2D eigenvalue weighted by molar-refractivity contribution is 7.68. The van der Waals surface area contributed by atoms with Crippen LogP contribution >= 0.6 is 7.92 Å². The van der Waals surface area contributed by atoms with Gasteiger partial charge < -0.3 is 0 Å². The molecule has 1 aliphatic rings. The monoisotopic (exact) mass is 512 g/mol. The molecule has 3 aromatic carbocycles. The van der Waals surface area contributed by atoms with Gasteiger partial charge in [-0.1, -0.05) is 40.0 Å². The molecule has 0 aliphatic carbocycles. The Bertz CT molecular complexity index is 1290. The fourth-order valence-electron chi connectivity index (χ4n) is 6.67. The first-order chi connectivity index (χ1) is 17.2. The van der Waals surface area contributed by atoms with Gasteiger partial charge in [0, 0.05) is 12.8 Å². The molecule has 0 N–H and O–H groups in total. The number of ketones is 1. The van der Waals surface area contributed by atoms with Crippen molar-refractivity contribution >= 4 is 19.0 Å². The fourth-order valence-corrected chi connectivity index (χ4v) is 9.89. The van der Waals surface area contributed by atoms with Crippen LogP contribution in [0.3, 0.4) is 0 Å². The van der Waals surface area contributed by atoms with Crippen molar-refractivity contribution < 1.29 is 4.79 Å². The van der Waals surface area contributed by atoms with Crippen LogP contribution in [0.5, 0.6) is 0 Å². The molecule has 37 heavy (non-hydrogen) atoms. The Morgan fingerprint density at radius 3 is 1.30 bits per heavy atom. The third-order valence-electron chi connectivity index (χ3n) is 9.82. The smallest absolute Gasteiger partial charge is 0.134 e. The molecule has 0 bridgehead atoms. The molecule has 0 aromatic heterocycles. The van der Waals surface area contributed by atoms with E-state index in [-0.39, 0.29) is 5.16 Å². The third-order valence-corrected chi connectivity index (χ3v) is 13.1. The summed E-state index contributed by atoms with van der Waals surface area (Å²) >= 11 is 0. The summed E-state index contributed by atoms with van der Waals surface area (Å²) < 4.78 is 0. The summed E-state index contributed by atoms with van der Waals surface area (Å²) in [5, 5.41) is 1.49. The molecule has 1 atom stereocenters. The minimum Gasteiger partial charge on any atom is -0.300 e. The van der Waals surface area contributed by atoms with Crippen molar-refractivity contribution in [1.82, 2.24) is 0 Å². The summed E-state index contributed by atoms with van der Waals surface area (Å²) in [6, 6.07) is 7.02. The number of carbonyl (C=O) groups excluding carboxylic acids is 1. The Morgan fingerprint density at radius 1 is 0.595 bits per heavy atom. The highest BCUT2D eigenvalue weighted by atomic mass is 31.1. The first-order valence-electron chi connectivity index (χ1n) is 13.8. The number of hydrogen-bond acceptors (Lipinski definition) is 1. The normalized spacial score (nSPS) is 17.4. The summed E-state index contributed by atoms with van der Waals surface area (Å²) in [6.07, 6.45) is 2.37. The van der Waals surface area contributed by atoms with Crippen LogP contribution in [-0.4, -0.2) is 17.1 Å². The van der Waals surface area contributed by atoms with Crippen molar-refractivity contribution in [2.24, 2.45) is 0 Å². The Morgan fingerprint density at radius 2 is 0.946 bits per heavy atom. The Labute approximate surface area is 226 Å². The molecule has 1 saturated heterocycles. The van der Waals surface area contributed by atoms with Gasteiger partial charge in [-0.3, -0.25) is 4.79 Å². The molecule has 0 spiro atoms. The van der Waals surface area contributed by atoms with Crippen LogP contribution in [0.25, 0.3) is 22.3 Å². The van der Waals surface area contributed by atoms with Crippen LogP contribution in [0.1, 0.15) is 82.3 Å². The van der Waals surface area contributed by atoms with Crippen LogP contribution in [0.15, 0.2) is 18.2 Å². The maximum absolute atomic E-state index is 12.6. The molecule has 0 saturated carbocycles. The molecule has 1 fully saturated rings. The maximum Gasteiger partial charge on any atom is 0.134 e. The van der Waals surface area contributed by atoms with Gasteiger partial charge in [0.2, 0.25) is 0 Å². The Kier molecular flexibility index (Phi) is 7.37. The van der Waals surface area contributed by atoms with Gasteiger partial charge in [0.05, 0.1) is 0 Å². The second-order valence-electron chi connectivity index (χ2n) is 12.1. The van der Waals surface area contributed by atoms with E-state index in [2.05, 4.69) is 101 Å². The van der Waals surface area contributed by atoms with E-state index in [1.165, 1.54) is 83.2 Å². The van der Waals surface area contributed by atoms with Gasteiger partial charge in [-0.25, -0.2) is 0 Å². The van der Waals surface area contributed by atoms with Crippen LogP contribution in [0.2, 0.25) is 0 Å². The first kappa shape index (κ1) is 27.8. The molecule has 1 nitrogen and oxygen atoms in total. The Hall–Kier alpha value is -2.24. The van der Waals surface area contributed by atoms with Gasteiger partial charge in [-0.2, -0.15) is 0 Å². The molecule has 4 rings (SSSR count). The summed E-state index contributed by atoms with van der Waals surface area (Å²) in [5.41, 5.74) is 19.6. The summed E-state index contributed by atoms with van der Waals surface area (Å²) in [6.45, 7) is 27.5. The SMILES string of the molecule is Cc1c(C)c(C)c(-c2cccc(-c3c(C)c(C)c(C)c(C)c3C)c2P2CCC(=O)CC2(C)C)c(C)c1C. The van der Waals surface area contributed by atoms with E-state index < -0.39 is 7.92 Å². The van der Waals surface area contributed by atoms with Gasteiger partial charge >= 0.3 is 0 Å². The maximum atomic E-state index is 12.6. The average molecular weight is 513 g/mol. The largest absolute Gasteiger partial charge is 0.300 e. The van der Waals surface area contributed by atoms with Crippen LogP contribution in [0.4, 0.5) is 0 Å². The lowest BCUT2D eigenvalue weighted by Crippen LogP contribution is -2.34. The number of carbonyl (C=O) groups is 1. The highest BCUT2D eigenvalue weighted by Crippen LogP contribution is 2.58. The zero-order valence-corrected chi connectivity index (χ0v) is 26.1. The average Bonchev–Trinajstić information content (AvgIpc) is 2.84. The summed E-state index contributed by atoms with van der Waals surface area (Å²) in [7, 11) is -0.550. The zero-order valence-electron chi connectivity index (χ0n) is 25.2. The minimum atomic E-state index is -0.550.